The van der Waals surface area contributed by atoms with Crippen LogP contribution >= 0.6 is 22.9 Å². The van der Waals surface area contributed by atoms with Crippen LogP contribution in [0.4, 0.5) is 4.79 Å². The normalized spacial score (nSPS) is 19.3. The van der Waals surface area contributed by atoms with Crippen molar-refractivity contribution in [2.75, 3.05) is 45.9 Å². The van der Waals surface area contributed by atoms with Crippen LogP contribution in [0.3, 0.4) is 0 Å². The maximum atomic E-state index is 13.0. The number of amides is 3. The Hall–Kier alpha value is -2.41. The van der Waals surface area contributed by atoms with Gasteiger partial charge in [-0.05, 0) is 43.4 Å². The van der Waals surface area contributed by atoms with Gasteiger partial charge in [-0.2, -0.15) is 4.72 Å². The third kappa shape index (κ3) is 5.88. The minimum absolute atomic E-state index is 0.107. The summed E-state index contributed by atoms with van der Waals surface area (Å²) in [6.45, 7) is 3.71. The fourth-order valence-electron chi connectivity index (χ4n) is 4.18. The highest BCUT2D eigenvalue weighted by atomic mass is 35.5. The van der Waals surface area contributed by atoms with Crippen molar-refractivity contribution in [1.29, 1.82) is 0 Å². The molecule has 2 fully saturated rings. The van der Waals surface area contributed by atoms with Gasteiger partial charge < -0.3 is 19.4 Å². The van der Waals surface area contributed by atoms with Crippen LogP contribution in [-0.4, -0.2) is 92.9 Å². The highest BCUT2D eigenvalue weighted by molar-refractivity contribution is 7.91. The standard InChI is InChI=1S/C22H27ClN4O6S2/c1-2-33-22(30)26-10-8-25(9-11-26)19(28)14-27-7-3-4-17(21(27)29)24-35(31,32)20-12-15-5-6-16(23)13-18(15)34-20/h5-6,12-13,17,24H,2-4,7-11,14H2,1H3. The Kier molecular flexibility index (Phi) is 7.84. The smallest absolute Gasteiger partial charge is 0.409 e. The molecule has 10 nitrogen and oxygen atoms in total. The summed E-state index contributed by atoms with van der Waals surface area (Å²) in [4.78, 5) is 42.2. The van der Waals surface area contributed by atoms with Gasteiger partial charge in [0, 0.05) is 42.4 Å². The van der Waals surface area contributed by atoms with Crippen molar-refractivity contribution in [3.05, 3.63) is 29.3 Å². The lowest BCUT2D eigenvalue weighted by Crippen LogP contribution is -2.56. The molecule has 2 aromatic rings. The molecule has 0 bridgehead atoms. The van der Waals surface area contributed by atoms with Crippen molar-refractivity contribution in [2.45, 2.75) is 30.0 Å². The van der Waals surface area contributed by atoms with Crippen molar-refractivity contribution in [1.82, 2.24) is 19.4 Å². The van der Waals surface area contributed by atoms with Crippen LogP contribution in [-0.2, 0) is 24.3 Å². The largest absolute Gasteiger partial charge is 0.450 e. The molecule has 0 aliphatic carbocycles. The predicted octanol–water partition coefficient (Wildman–Crippen LogP) is 2.12. The quantitative estimate of drug-likeness (QED) is 0.597. The van der Waals surface area contributed by atoms with Crippen LogP contribution in [0.2, 0.25) is 5.02 Å². The fraction of sp³-hybridized carbons (Fsp3) is 0.500. The van der Waals surface area contributed by atoms with Crippen molar-refractivity contribution < 1.29 is 27.5 Å². The second-order valence-corrected chi connectivity index (χ2v) is 11.9. The van der Waals surface area contributed by atoms with Gasteiger partial charge in [0.05, 0.1) is 13.2 Å². The van der Waals surface area contributed by atoms with E-state index < -0.39 is 28.1 Å². The predicted molar refractivity (Wildman–Crippen MR) is 132 cm³/mol. The van der Waals surface area contributed by atoms with Crippen LogP contribution < -0.4 is 4.72 Å². The van der Waals surface area contributed by atoms with Crippen molar-refractivity contribution in [3.8, 4) is 0 Å². The molecule has 190 valence electrons. The molecule has 3 amide bonds. The lowest BCUT2D eigenvalue weighted by Gasteiger charge is -2.37. The van der Waals surface area contributed by atoms with Gasteiger partial charge in [-0.1, -0.05) is 17.7 Å². The summed E-state index contributed by atoms with van der Waals surface area (Å²) in [6, 6.07) is 5.77. The maximum absolute atomic E-state index is 13.0. The van der Waals surface area contributed by atoms with Gasteiger partial charge in [-0.15, -0.1) is 11.3 Å². The van der Waals surface area contributed by atoms with Gasteiger partial charge in [-0.25, -0.2) is 13.2 Å². The summed E-state index contributed by atoms with van der Waals surface area (Å²) in [5, 5.41) is 1.27. The molecule has 1 aromatic heterocycles. The van der Waals surface area contributed by atoms with E-state index >= 15 is 0 Å². The summed E-state index contributed by atoms with van der Waals surface area (Å²) >= 11 is 7.09. The zero-order valence-corrected chi connectivity index (χ0v) is 21.6. The molecule has 2 saturated heterocycles. The first-order valence-corrected chi connectivity index (χ1v) is 14.1. The Morgan fingerprint density at radius 3 is 2.57 bits per heavy atom. The lowest BCUT2D eigenvalue weighted by molar-refractivity contribution is -0.143. The zero-order valence-electron chi connectivity index (χ0n) is 19.2. The molecule has 0 radical (unpaired) electrons. The highest BCUT2D eigenvalue weighted by Gasteiger charge is 2.35. The van der Waals surface area contributed by atoms with Gasteiger partial charge >= 0.3 is 6.09 Å². The number of ether oxygens (including phenoxy) is 1. The summed E-state index contributed by atoms with van der Waals surface area (Å²) in [5.74, 6) is -0.644. The van der Waals surface area contributed by atoms with E-state index in [0.29, 0.717) is 50.6 Å². The number of fused-ring (bicyclic) bond motifs is 1. The Morgan fingerprint density at radius 1 is 1.14 bits per heavy atom. The number of nitrogens with zero attached hydrogens (tertiary/aromatic N) is 3. The molecule has 4 rings (SSSR count). The van der Waals surface area contributed by atoms with Gasteiger partial charge in [0.2, 0.25) is 11.8 Å². The van der Waals surface area contributed by atoms with E-state index in [9.17, 15) is 22.8 Å². The molecule has 1 atom stereocenters. The number of likely N-dealkylation sites (tertiary alicyclic amines) is 1. The number of piperidine rings is 1. The minimum atomic E-state index is -3.93. The SMILES string of the molecule is CCOC(=O)N1CCN(C(=O)CN2CCCC(NS(=O)(=O)c3cc4ccc(Cl)cc4s3)C2=O)CC1. The number of rotatable bonds is 6. The molecule has 1 N–H and O–H groups in total. The molecular weight excluding hydrogens is 516 g/mol. The zero-order chi connectivity index (χ0) is 25.2. The van der Waals surface area contributed by atoms with Crippen molar-refractivity contribution in [3.63, 3.8) is 0 Å². The topological polar surface area (TPSA) is 116 Å². The average molecular weight is 543 g/mol. The summed E-state index contributed by atoms with van der Waals surface area (Å²) in [7, 11) is -3.93. The number of hydrogen-bond acceptors (Lipinski definition) is 7. The van der Waals surface area contributed by atoms with Crippen molar-refractivity contribution >= 4 is 61.0 Å². The first-order valence-electron chi connectivity index (χ1n) is 11.4. The van der Waals surface area contributed by atoms with Crippen LogP contribution in [0.15, 0.2) is 28.5 Å². The van der Waals surface area contributed by atoms with E-state index in [-0.39, 0.29) is 23.3 Å². The number of piperazine rings is 1. The third-order valence-corrected chi connectivity index (χ3v) is 9.32. The molecule has 3 heterocycles. The van der Waals surface area contributed by atoms with E-state index in [1.54, 1.807) is 41.0 Å². The Morgan fingerprint density at radius 2 is 1.86 bits per heavy atom. The molecule has 2 aliphatic heterocycles. The number of sulfonamides is 1. The minimum Gasteiger partial charge on any atom is -0.450 e. The number of benzene rings is 1. The molecule has 13 heteroatoms. The summed E-state index contributed by atoms with van der Waals surface area (Å²) < 4.78 is 34.3. The number of halogens is 1. The van der Waals surface area contributed by atoms with E-state index in [0.717, 1.165) is 21.4 Å². The van der Waals surface area contributed by atoms with Gasteiger partial charge in [0.25, 0.3) is 10.0 Å². The molecule has 2 aliphatic rings. The summed E-state index contributed by atoms with van der Waals surface area (Å²) in [6.07, 6.45) is 0.533. The van der Waals surface area contributed by atoms with Crippen LogP contribution in [0.1, 0.15) is 19.8 Å². The van der Waals surface area contributed by atoms with Gasteiger partial charge in [0.15, 0.2) is 0 Å². The number of carbonyl (C=O) groups is 3. The molecule has 1 unspecified atom stereocenters. The molecule has 0 spiro atoms. The van der Waals surface area contributed by atoms with Crippen molar-refractivity contribution in [2.24, 2.45) is 0 Å². The van der Waals surface area contributed by atoms with E-state index in [2.05, 4.69) is 4.72 Å². The summed E-state index contributed by atoms with van der Waals surface area (Å²) in [5.41, 5.74) is 0. The molecule has 0 saturated carbocycles. The number of nitrogens with one attached hydrogen (secondary N) is 1. The maximum Gasteiger partial charge on any atom is 0.409 e. The number of hydrogen-bond donors (Lipinski definition) is 1. The highest BCUT2D eigenvalue weighted by Crippen LogP contribution is 2.31. The first kappa shape index (κ1) is 25.7. The Bertz CT molecular complexity index is 1230. The van der Waals surface area contributed by atoms with Crippen LogP contribution in [0.25, 0.3) is 10.1 Å². The van der Waals surface area contributed by atoms with Crippen LogP contribution in [0.5, 0.6) is 0 Å². The number of thiophene rings is 1. The first-order chi connectivity index (χ1) is 16.7. The number of carbonyl (C=O) groups excluding carboxylic acids is 3. The van der Waals surface area contributed by atoms with Gasteiger partial charge in [-0.3, -0.25) is 9.59 Å². The molecule has 35 heavy (non-hydrogen) atoms. The fourth-order valence-corrected chi connectivity index (χ4v) is 7.10. The van der Waals surface area contributed by atoms with E-state index in [4.69, 9.17) is 16.3 Å². The van der Waals surface area contributed by atoms with E-state index in [1.807, 2.05) is 0 Å². The average Bonchev–Trinajstić information content (AvgIpc) is 3.26. The third-order valence-electron chi connectivity index (χ3n) is 6.04. The van der Waals surface area contributed by atoms with E-state index in [1.165, 1.54) is 4.90 Å². The second-order valence-electron chi connectivity index (χ2n) is 8.39. The molecular formula is C22H27ClN4O6S2. The Balaban J connectivity index is 1.36. The monoisotopic (exact) mass is 542 g/mol. The lowest BCUT2D eigenvalue weighted by atomic mass is 10.1. The van der Waals surface area contributed by atoms with Crippen LogP contribution in [0, 0.1) is 0 Å². The molecule has 1 aromatic carbocycles. The van der Waals surface area contributed by atoms with Gasteiger partial charge in [0.1, 0.15) is 10.3 Å². The Labute approximate surface area is 212 Å². The second kappa shape index (κ2) is 10.7.